The number of rotatable bonds is 3. The number of halogens is 1. The summed E-state index contributed by atoms with van der Waals surface area (Å²) >= 11 is 3.35. The molecule has 0 unspecified atom stereocenters. The molecular formula is C11H13BrO3. The van der Waals surface area contributed by atoms with Gasteiger partial charge in [0.1, 0.15) is 0 Å². The van der Waals surface area contributed by atoms with Gasteiger partial charge in [0.2, 0.25) is 0 Å². The highest BCUT2D eigenvalue weighted by Crippen LogP contribution is 2.22. The molecule has 0 atom stereocenters. The first-order valence-corrected chi connectivity index (χ1v) is 5.33. The minimum Gasteiger partial charge on any atom is -0.469 e. The molecule has 3 nitrogen and oxygen atoms in total. The van der Waals surface area contributed by atoms with E-state index in [2.05, 4.69) is 20.7 Å². The van der Waals surface area contributed by atoms with Crippen LogP contribution in [-0.4, -0.2) is 18.2 Å². The van der Waals surface area contributed by atoms with Crippen LogP contribution in [0.1, 0.15) is 16.7 Å². The fourth-order valence-corrected chi connectivity index (χ4v) is 1.89. The van der Waals surface area contributed by atoms with Crippen molar-refractivity contribution in [2.45, 2.75) is 20.0 Å². The van der Waals surface area contributed by atoms with Crippen LogP contribution < -0.4 is 0 Å². The fourth-order valence-electron chi connectivity index (χ4n) is 1.31. The lowest BCUT2D eigenvalue weighted by molar-refractivity contribution is -0.139. The molecule has 0 heterocycles. The highest BCUT2D eigenvalue weighted by Gasteiger charge is 2.09. The number of esters is 1. The van der Waals surface area contributed by atoms with Gasteiger partial charge in [-0.15, -0.1) is 0 Å². The first kappa shape index (κ1) is 12.2. The molecule has 0 aliphatic heterocycles. The lowest BCUT2D eigenvalue weighted by Gasteiger charge is -2.08. The Labute approximate surface area is 97.2 Å². The average Bonchev–Trinajstić information content (AvgIpc) is 2.21. The van der Waals surface area contributed by atoms with E-state index in [1.165, 1.54) is 7.11 Å². The Bertz CT molecular complexity index is 374. The Morgan fingerprint density at radius 1 is 1.47 bits per heavy atom. The van der Waals surface area contributed by atoms with Crippen LogP contribution >= 0.6 is 15.9 Å². The molecule has 0 aliphatic carbocycles. The summed E-state index contributed by atoms with van der Waals surface area (Å²) in [4.78, 5) is 11.1. The zero-order valence-electron chi connectivity index (χ0n) is 8.71. The summed E-state index contributed by atoms with van der Waals surface area (Å²) in [5.41, 5.74) is 2.66. The first-order chi connectivity index (χ1) is 7.08. The van der Waals surface area contributed by atoms with Gasteiger partial charge in [-0.1, -0.05) is 22.0 Å². The molecule has 0 saturated heterocycles. The number of hydrogen-bond acceptors (Lipinski definition) is 3. The van der Waals surface area contributed by atoms with Gasteiger partial charge in [0.05, 0.1) is 20.1 Å². The topological polar surface area (TPSA) is 46.5 Å². The molecule has 1 aromatic carbocycles. The number of benzene rings is 1. The lowest BCUT2D eigenvalue weighted by Crippen LogP contribution is -2.06. The van der Waals surface area contributed by atoms with Crippen LogP contribution in [0.3, 0.4) is 0 Å². The quantitative estimate of drug-likeness (QED) is 0.856. The number of carbonyl (C=O) groups excluding carboxylic acids is 1. The number of hydrogen-bond donors (Lipinski definition) is 1. The average molecular weight is 273 g/mol. The molecule has 15 heavy (non-hydrogen) atoms. The summed E-state index contributed by atoms with van der Waals surface area (Å²) < 4.78 is 5.46. The summed E-state index contributed by atoms with van der Waals surface area (Å²) in [6.07, 6.45) is 0.239. The molecule has 0 amide bonds. The molecule has 0 fully saturated rings. The number of aryl methyl sites for hydroxylation is 1. The number of aliphatic hydroxyl groups excluding tert-OH is 1. The van der Waals surface area contributed by atoms with Gasteiger partial charge in [-0.2, -0.15) is 0 Å². The molecule has 0 aromatic heterocycles. The van der Waals surface area contributed by atoms with E-state index >= 15 is 0 Å². The maximum Gasteiger partial charge on any atom is 0.309 e. The maximum absolute atomic E-state index is 11.1. The van der Waals surface area contributed by atoms with Crippen molar-refractivity contribution >= 4 is 21.9 Å². The van der Waals surface area contributed by atoms with Crippen LogP contribution in [0.25, 0.3) is 0 Å². The highest BCUT2D eigenvalue weighted by atomic mass is 79.9. The van der Waals surface area contributed by atoms with Crippen molar-refractivity contribution in [3.8, 4) is 0 Å². The minimum atomic E-state index is -0.274. The van der Waals surface area contributed by atoms with E-state index in [1.807, 2.05) is 19.1 Å². The third-order valence-corrected chi connectivity index (χ3v) is 2.98. The molecule has 82 valence electrons. The van der Waals surface area contributed by atoms with Crippen molar-refractivity contribution in [3.63, 3.8) is 0 Å². The van der Waals surface area contributed by atoms with Crippen molar-refractivity contribution in [2.24, 2.45) is 0 Å². The van der Waals surface area contributed by atoms with Crippen molar-refractivity contribution in [1.29, 1.82) is 0 Å². The van der Waals surface area contributed by atoms with Gasteiger partial charge in [-0.3, -0.25) is 4.79 Å². The third-order valence-electron chi connectivity index (χ3n) is 2.24. The van der Waals surface area contributed by atoms with Crippen LogP contribution in [0.15, 0.2) is 16.6 Å². The van der Waals surface area contributed by atoms with Crippen LogP contribution in [0.4, 0.5) is 0 Å². The van der Waals surface area contributed by atoms with Gasteiger partial charge >= 0.3 is 5.97 Å². The maximum atomic E-state index is 11.1. The molecule has 4 heteroatoms. The first-order valence-electron chi connectivity index (χ1n) is 4.54. The van der Waals surface area contributed by atoms with Crippen molar-refractivity contribution in [3.05, 3.63) is 33.3 Å². The molecular weight excluding hydrogens is 260 g/mol. The van der Waals surface area contributed by atoms with Gasteiger partial charge in [0, 0.05) is 4.47 Å². The molecule has 1 aromatic rings. The zero-order chi connectivity index (χ0) is 11.4. The largest absolute Gasteiger partial charge is 0.469 e. The summed E-state index contributed by atoms with van der Waals surface area (Å²) in [6.45, 7) is 1.87. The third kappa shape index (κ3) is 3.04. The number of carbonyl (C=O) groups is 1. The van der Waals surface area contributed by atoms with Gasteiger partial charge in [-0.05, 0) is 29.7 Å². The minimum absolute atomic E-state index is 0.0466. The second-order valence-corrected chi connectivity index (χ2v) is 4.14. The van der Waals surface area contributed by atoms with E-state index in [1.54, 1.807) is 0 Å². The van der Waals surface area contributed by atoms with Crippen molar-refractivity contribution < 1.29 is 14.6 Å². The van der Waals surface area contributed by atoms with Crippen LogP contribution in [0.5, 0.6) is 0 Å². The molecule has 1 N–H and O–H groups in total. The molecule has 0 aliphatic rings. The highest BCUT2D eigenvalue weighted by molar-refractivity contribution is 9.10. The predicted molar refractivity (Wildman–Crippen MR) is 60.5 cm³/mol. The zero-order valence-corrected chi connectivity index (χ0v) is 10.3. The second-order valence-electron chi connectivity index (χ2n) is 3.28. The summed E-state index contributed by atoms with van der Waals surface area (Å²) in [6, 6.07) is 3.71. The van der Waals surface area contributed by atoms with E-state index < -0.39 is 0 Å². The van der Waals surface area contributed by atoms with Gasteiger partial charge in [-0.25, -0.2) is 0 Å². The van der Waals surface area contributed by atoms with E-state index in [0.717, 1.165) is 21.2 Å². The van der Waals surface area contributed by atoms with Crippen molar-refractivity contribution in [1.82, 2.24) is 0 Å². The number of aliphatic hydroxyl groups is 1. The Hall–Kier alpha value is -0.870. The normalized spacial score (nSPS) is 10.1. The molecule has 0 bridgehead atoms. The summed E-state index contributed by atoms with van der Waals surface area (Å²) in [5.74, 6) is -0.274. The smallest absolute Gasteiger partial charge is 0.309 e. The Morgan fingerprint density at radius 3 is 2.67 bits per heavy atom. The fraction of sp³-hybridized carbons (Fsp3) is 0.364. The van der Waals surface area contributed by atoms with E-state index in [0.29, 0.717) is 0 Å². The van der Waals surface area contributed by atoms with Gasteiger partial charge in [0.15, 0.2) is 0 Å². The van der Waals surface area contributed by atoms with Gasteiger partial charge in [0.25, 0.3) is 0 Å². The Morgan fingerprint density at radius 2 is 2.13 bits per heavy atom. The second kappa shape index (κ2) is 5.28. The van der Waals surface area contributed by atoms with Crippen LogP contribution in [0, 0.1) is 6.92 Å². The standard InChI is InChI=1S/C11H13BrO3/c1-7-3-10(12)9(6-13)4-8(7)5-11(14)15-2/h3-4,13H,5-6H2,1-2H3. The monoisotopic (exact) mass is 272 g/mol. The van der Waals surface area contributed by atoms with E-state index in [9.17, 15) is 4.79 Å². The van der Waals surface area contributed by atoms with Gasteiger partial charge < -0.3 is 9.84 Å². The number of ether oxygens (including phenoxy) is 1. The summed E-state index contributed by atoms with van der Waals surface area (Å²) in [7, 11) is 1.36. The Kier molecular flexibility index (Phi) is 4.29. The SMILES string of the molecule is COC(=O)Cc1cc(CO)c(Br)cc1C. The van der Waals surface area contributed by atoms with E-state index in [4.69, 9.17) is 5.11 Å². The van der Waals surface area contributed by atoms with Crippen LogP contribution in [0.2, 0.25) is 0 Å². The van der Waals surface area contributed by atoms with E-state index in [-0.39, 0.29) is 19.0 Å². The molecule has 0 spiro atoms. The molecule has 0 saturated carbocycles. The predicted octanol–water partition coefficient (Wildman–Crippen LogP) is 1.97. The molecule has 1 rings (SSSR count). The molecule has 0 radical (unpaired) electrons. The van der Waals surface area contributed by atoms with Crippen molar-refractivity contribution in [2.75, 3.05) is 7.11 Å². The Balaban J connectivity index is 3.02. The number of methoxy groups -OCH3 is 1. The summed E-state index contributed by atoms with van der Waals surface area (Å²) in [5, 5.41) is 9.08. The van der Waals surface area contributed by atoms with Crippen LogP contribution in [-0.2, 0) is 22.6 Å². The lowest BCUT2D eigenvalue weighted by atomic mass is 10.0.